The van der Waals surface area contributed by atoms with Crippen LogP contribution in [0, 0.1) is 0 Å². The van der Waals surface area contributed by atoms with Crippen molar-refractivity contribution in [2.24, 2.45) is 0 Å². The summed E-state index contributed by atoms with van der Waals surface area (Å²) in [6.45, 7) is 2.89. The number of rotatable bonds is 5. The molecule has 3 rings (SSSR count). The molecule has 23 heavy (non-hydrogen) atoms. The number of hydrogen-bond acceptors (Lipinski definition) is 4. The van der Waals surface area contributed by atoms with Crippen molar-refractivity contribution >= 4 is 10.0 Å². The van der Waals surface area contributed by atoms with Crippen molar-refractivity contribution in [3.63, 3.8) is 0 Å². The van der Waals surface area contributed by atoms with Crippen LogP contribution in [0.15, 0.2) is 36.5 Å². The van der Waals surface area contributed by atoms with Crippen LogP contribution in [0.3, 0.4) is 0 Å². The van der Waals surface area contributed by atoms with E-state index < -0.39 is 10.0 Å². The van der Waals surface area contributed by atoms with Crippen LogP contribution in [-0.2, 0) is 23.0 Å². The van der Waals surface area contributed by atoms with E-state index in [0.717, 1.165) is 23.2 Å². The second-order valence-corrected chi connectivity index (χ2v) is 7.87. The van der Waals surface area contributed by atoms with Crippen LogP contribution in [-0.4, -0.2) is 35.0 Å². The second-order valence-electron chi connectivity index (χ2n) is 5.78. The van der Waals surface area contributed by atoms with Gasteiger partial charge in [0.15, 0.2) is 5.82 Å². The molecule has 0 radical (unpaired) electrons. The lowest BCUT2D eigenvalue weighted by Gasteiger charge is -2.27. The van der Waals surface area contributed by atoms with Crippen LogP contribution in [0.2, 0.25) is 0 Å². The van der Waals surface area contributed by atoms with Crippen molar-refractivity contribution in [3.05, 3.63) is 47.8 Å². The maximum atomic E-state index is 12.3. The third kappa shape index (κ3) is 3.59. The van der Waals surface area contributed by atoms with Gasteiger partial charge in [-0.3, -0.25) is 0 Å². The van der Waals surface area contributed by atoms with Crippen LogP contribution < -0.4 is 0 Å². The molecule has 0 fully saturated rings. The number of fused-ring (bicyclic) bond motifs is 1. The first kappa shape index (κ1) is 16.1. The molecule has 0 N–H and O–H groups in total. The minimum Gasteiger partial charge on any atom is -0.236 e. The number of nitrogens with zero attached hydrogens (tertiary/aromatic N) is 3. The molecule has 0 saturated heterocycles. The molecule has 5 nitrogen and oxygen atoms in total. The Bertz CT molecular complexity index is 776. The lowest BCUT2D eigenvalue weighted by molar-refractivity contribution is 0.386. The normalized spacial score (nSPS) is 15.3. The summed E-state index contributed by atoms with van der Waals surface area (Å²) in [5.41, 5.74) is 2.85. The van der Waals surface area contributed by atoms with E-state index in [0.29, 0.717) is 31.8 Å². The Labute approximate surface area is 137 Å². The average Bonchev–Trinajstić information content (AvgIpc) is 2.60. The van der Waals surface area contributed by atoms with E-state index in [1.165, 1.54) is 0 Å². The molecular formula is C17H21N3O2S. The Balaban J connectivity index is 1.81. The van der Waals surface area contributed by atoms with E-state index in [-0.39, 0.29) is 5.75 Å². The van der Waals surface area contributed by atoms with E-state index in [9.17, 15) is 8.42 Å². The highest BCUT2D eigenvalue weighted by molar-refractivity contribution is 7.89. The summed E-state index contributed by atoms with van der Waals surface area (Å²) < 4.78 is 26.2. The van der Waals surface area contributed by atoms with Gasteiger partial charge in [-0.05, 0) is 6.42 Å². The molecule has 1 aromatic heterocycles. The van der Waals surface area contributed by atoms with Crippen LogP contribution in [0.25, 0.3) is 11.4 Å². The summed E-state index contributed by atoms with van der Waals surface area (Å²) in [4.78, 5) is 9.04. The minimum atomic E-state index is -3.17. The summed E-state index contributed by atoms with van der Waals surface area (Å²) in [5.74, 6) is 0.925. The SMILES string of the molecule is CCCCS(=O)(=O)N1CCc2nc(-c3ccccc3)ncc2C1. The molecule has 1 aliphatic heterocycles. The predicted octanol–water partition coefficient (Wildman–Crippen LogP) is 2.63. The fraction of sp³-hybridized carbons (Fsp3) is 0.412. The van der Waals surface area contributed by atoms with Crippen molar-refractivity contribution in [3.8, 4) is 11.4 Å². The lowest BCUT2D eigenvalue weighted by atomic mass is 10.1. The smallest absolute Gasteiger partial charge is 0.214 e. The van der Waals surface area contributed by atoms with Gasteiger partial charge in [-0.15, -0.1) is 0 Å². The molecule has 0 spiro atoms. The Morgan fingerprint density at radius 2 is 2.00 bits per heavy atom. The largest absolute Gasteiger partial charge is 0.236 e. The number of hydrogen-bond donors (Lipinski definition) is 0. The molecule has 1 aliphatic rings. The van der Waals surface area contributed by atoms with Gasteiger partial charge in [-0.2, -0.15) is 4.31 Å². The molecule has 2 heterocycles. The molecule has 0 unspecified atom stereocenters. The fourth-order valence-corrected chi connectivity index (χ4v) is 4.33. The monoisotopic (exact) mass is 331 g/mol. The zero-order chi connectivity index (χ0) is 16.3. The molecule has 0 amide bonds. The molecule has 0 saturated carbocycles. The van der Waals surface area contributed by atoms with Crippen molar-refractivity contribution in [1.29, 1.82) is 0 Å². The van der Waals surface area contributed by atoms with Gasteiger partial charge in [0.2, 0.25) is 10.0 Å². The zero-order valence-electron chi connectivity index (χ0n) is 13.3. The van der Waals surface area contributed by atoms with Gasteiger partial charge < -0.3 is 0 Å². The molecular weight excluding hydrogens is 310 g/mol. The number of unbranched alkanes of at least 4 members (excludes halogenated alkanes) is 1. The van der Waals surface area contributed by atoms with Gasteiger partial charge in [0, 0.05) is 36.8 Å². The third-order valence-electron chi connectivity index (χ3n) is 4.08. The molecule has 1 aromatic carbocycles. The second kappa shape index (κ2) is 6.76. The van der Waals surface area contributed by atoms with Crippen molar-refractivity contribution < 1.29 is 8.42 Å². The van der Waals surface area contributed by atoms with Gasteiger partial charge in [0.1, 0.15) is 0 Å². The topological polar surface area (TPSA) is 63.2 Å². The van der Waals surface area contributed by atoms with Crippen molar-refractivity contribution in [1.82, 2.24) is 14.3 Å². The maximum Gasteiger partial charge on any atom is 0.214 e. The first-order valence-corrected chi connectivity index (χ1v) is 9.59. The highest BCUT2D eigenvalue weighted by atomic mass is 32.2. The van der Waals surface area contributed by atoms with Crippen molar-refractivity contribution in [2.75, 3.05) is 12.3 Å². The highest BCUT2D eigenvalue weighted by Gasteiger charge is 2.27. The highest BCUT2D eigenvalue weighted by Crippen LogP contribution is 2.22. The summed E-state index contributed by atoms with van der Waals surface area (Å²) in [5, 5.41) is 0. The standard InChI is InChI=1S/C17H21N3O2S/c1-2-3-11-23(21,22)20-10-9-16-15(13-20)12-18-17(19-16)14-7-5-4-6-8-14/h4-8,12H,2-3,9-11,13H2,1H3. The molecule has 0 atom stereocenters. The zero-order valence-corrected chi connectivity index (χ0v) is 14.1. The van der Waals surface area contributed by atoms with Gasteiger partial charge >= 0.3 is 0 Å². The summed E-state index contributed by atoms with van der Waals surface area (Å²) in [7, 11) is -3.17. The Hall–Kier alpha value is -1.79. The van der Waals surface area contributed by atoms with Crippen LogP contribution in [0.5, 0.6) is 0 Å². The Morgan fingerprint density at radius 1 is 1.22 bits per heavy atom. The third-order valence-corrected chi connectivity index (χ3v) is 5.98. The summed E-state index contributed by atoms with van der Waals surface area (Å²) >= 11 is 0. The van der Waals surface area contributed by atoms with Gasteiger partial charge in [-0.1, -0.05) is 43.7 Å². The van der Waals surface area contributed by atoms with E-state index in [1.54, 1.807) is 10.5 Å². The lowest BCUT2D eigenvalue weighted by Crippen LogP contribution is -2.37. The summed E-state index contributed by atoms with van der Waals surface area (Å²) in [6, 6.07) is 9.83. The first-order valence-electron chi connectivity index (χ1n) is 7.98. The minimum absolute atomic E-state index is 0.224. The van der Waals surface area contributed by atoms with Crippen LogP contribution >= 0.6 is 0 Å². The number of benzene rings is 1. The van der Waals surface area contributed by atoms with E-state index in [4.69, 9.17) is 0 Å². The Kier molecular flexibility index (Phi) is 4.73. The number of aromatic nitrogens is 2. The van der Waals surface area contributed by atoms with Gasteiger partial charge in [0.25, 0.3) is 0 Å². The molecule has 0 aliphatic carbocycles. The quantitative estimate of drug-likeness (QED) is 0.845. The van der Waals surface area contributed by atoms with E-state index in [1.807, 2.05) is 37.3 Å². The van der Waals surface area contributed by atoms with Crippen molar-refractivity contribution in [2.45, 2.75) is 32.7 Å². The maximum absolute atomic E-state index is 12.3. The van der Waals surface area contributed by atoms with Gasteiger partial charge in [0.05, 0.1) is 11.4 Å². The number of sulfonamides is 1. The molecule has 6 heteroatoms. The first-order chi connectivity index (χ1) is 11.1. The average molecular weight is 331 g/mol. The molecule has 2 aromatic rings. The predicted molar refractivity (Wildman–Crippen MR) is 90.3 cm³/mol. The van der Waals surface area contributed by atoms with Gasteiger partial charge in [-0.25, -0.2) is 18.4 Å². The molecule has 122 valence electrons. The summed E-state index contributed by atoms with van der Waals surface area (Å²) in [6.07, 6.45) is 4.00. The van der Waals surface area contributed by atoms with Crippen LogP contribution in [0.4, 0.5) is 0 Å². The van der Waals surface area contributed by atoms with E-state index >= 15 is 0 Å². The van der Waals surface area contributed by atoms with E-state index in [2.05, 4.69) is 9.97 Å². The molecule has 0 bridgehead atoms. The van der Waals surface area contributed by atoms with Crippen LogP contribution in [0.1, 0.15) is 31.0 Å². The Morgan fingerprint density at radius 3 is 2.74 bits per heavy atom. The fourth-order valence-electron chi connectivity index (χ4n) is 2.71.